The molecule has 4 heteroatoms. The first-order valence-corrected chi connectivity index (χ1v) is 4.45. The lowest BCUT2D eigenvalue weighted by molar-refractivity contribution is 0.297. The number of pyridine rings is 1. The summed E-state index contributed by atoms with van der Waals surface area (Å²) in [6, 6.07) is 3.66. The maximum Gasteiger partial charge on any atom is 0.214 e. The highest BCUT2D eigenvalue weighted by molar-refractivity contribution is 9.10. The van der Waals surface area contributed by atoms with Gasteiger partial charge in [0, 0.05) is 16.7 Å². The minimum atomic E-state index is -0.122. The van der Waals surface area contributed by atoms with Crippen molar-refractivity contribution in [2.24, 2.45) is 0 Å². The van der Waals surface area contributed by atoms with Crippen LogP contribution in [0, 0.1) is 0 Å². The largest absolute Gasteiger partial charge is 0.464 e. The molecule has 0 aliphatic heterocycles. The van der Waals surface area contributed by atoms with Crippen molar-refractivity contribution in [1.82, 2.24) is 4.98 Å². The fourth-order valence-electron chi connectivity index (χ4n) is 0.607. The van der Waals surface area contributed by atoms with Gasteiger partial charge in [0.15, 0.2) is 0 Å². The molecular formula is C7H8BrNOS. The summed E-state index contributed by atoms with van der Waals surface area (Å²) >= 11 is 7.34. The maximum atomic E-state index is 5.20. The Hall–Kier alpha value is -0.220. The Balaban J connectivity index is 2.66. The summed E-state index contributed by atoms with van der Waals surface area (Å²) in [5.74, 6) is 0.593. The molecule has 0 fully saturated rings. The Morgan fingerprint density at radius 2 is 2.36 bits per heavy atom. The zero-order chi connectivity index (χ0) is 8.27. The predicted molar refractivity (Wildman–Crippen MR) is 51.0 cm³/mol. The van der Waals surface area contributed by atoms with Crippen molar-refractivity contribution in [2.75, 3.05) is 0 Å². The summed E-state index contributed by atoms with van der Waals surface area (Å²) in [6.07, 6.45) is 1.69. The van der Waals surface area contributed by atoms with Crippen LogP contribution in [0.2, 0.25) is 0 Å². The molecule has 0 saturated heterocycles. The molecule has 60 valence electrons. The lowest BCUT2D eigenvalue weighted by atomic mass is 10.5. The Labute approximate surface area is 79.5 Å². The summed E-state index contributed by atoms with van der Waals surface area (Å²) in [5, 5.41) is 0. The predicted octanol–water partition coefficient (Wildman–Crippen LogP) is 2.50. The van der Waals surface area contributed by atoms with Gasteiger partial charge in [-0.1, -0.05) is 0 Å². The van der Waals surface area contributed by atoms with Gasteiger partial charge >= 0.3 is 0 Å². The molecule has 1 aromatic rings. The van der Waals surface area contributed by atoms with E-state index in [2.05, 4.69) is 33.5 Å². The molecule has 1 aromatic heterocycles. The second kappa shape index (κ2) is 3.97. The van der Waals surface area contributed by atoms with Crippen molar-refractivity contribution < 1.29 is 4.74 Å². The number of hydrogen-bond acceptors (Lipinski definition) is 3. The highest BCUT2D eigenvalue weighted by atomic mass is 79.9. The van der Waals surface area contributed by atoms with Crippen LogP contribution in [-0.4, -0.2) is 10.4 Å². The van der Waals surface area contributed by atoms with Gasteiger partial charge in [0.1, 0.15) is 5.44 Å². The van der Waals surface area contributed by atoms with E-state index in [0.717, 1.165) is 4.47 Å². The van der Waals surface area contributed by atoms with Gasteiger partial charge < -0.3 is 4.74 Å². The van der Waals surface area contributed by atoms with Gasteiger partial charge in [0.2, 0.25) is 5.88 Å². The van der Waals surface area contributed by atoms with Gasteiger partial charge in [0.25, 0.3) is 0 Å². The van der Waals surface area contributed by atoms with E-state index in [9.17, 15) is 0 Å². The number of halogens is 1. The van der Waals surface area contributed by atoms with Gasteiger partial charge in [-0.05, 0) is 28.9 Å². The number of aromatic nitrogens is 1. The van der Waals surface area contributed by atoms with Crippen LogP contribution in [0.5, 0.6) is 5.88 Å². The molecule has 0 bridgehead atoms. The van der Waals surface area contributed by atoms with Crippen molar-refractivity contribution in [3.05, 3.63) is 22.8 Å². The van der Waals surface area contributed by atoms with Gasteiger partial charge in [-0.3, -0.25) is 0 Å². The molecule has 1 atom stereocenters. The Bertz CT molecular complexity index is 224. The van der Waals surface area contributed by atoms with E-state index in [-0.39, 0.29) is 5.44 Å². The highest BCUT2D eigenvalue weighted by Gasteiger charge is 1.97. The van der Waals surface area contributed by atoms with Gasteiger partial charge in [0.05, 0.1) is 0 Å². The lowest BCUT2D eigenvalue weighted by Gasteiger charge is -2.06. The molecule has 0 spiro atoms. The van der Waals surface area contributed by atoms with Gasteiger partial charge in [-0.15, -0.1) is 12.6 Å². The molecule has 11 heavy (non-hydrogen) atoms. The zero-order valence-electron chi connectivity index (χ0n) is 5.99. The molecule has 1 unspecified atom stereocenters. The lowest BCUT2D eigenvalue weighted by Crippen LogP contribution is -2.03. The molecule has 0 N–H and O–H groups in total. The third-order valence-corrected chi connectivity index (χ3v) is 1.57. The SMILES string of the molecule is CC(S)Oc1ccc(Br)cn1. The number of thiol groups is 1. The summed E-state index contributed by atoms with van der Waals surface area (Å²) in [4.78, 5) is 4.00. The average molecular weight is 234 g/mol. The molecule has 0 saturated carbocycles. The standard InChI is InChI=1S/C7H8BrNOS/c1-5(11)10-7-3-2-6(8)4-9-7/h2-5,11H,1H3. The first kappa shape index (κ1) is 8.87. The molecule has 0 aliphatic carbocycles. The Morgan fingerprint density at radius 3 is 2.82 bits per heavy atom. The van der Waals surface area contributed by atoms with Gasteiger partial charge in [-0.25, -0.2) is 4.98 Å². The molecule has 1 rings (SSSR count). The fraction of sp³-hybridized carbons (Fsp3) is 0.286. The highest BCUT2D eigenvalue weighted by Crippen LogP contribution is 2.13. The minimum Gasteiger partial charge on any atom is -0.464 e. The fourth-order valence-corrected chi connectivity index (χ4v) is 0.949. The zero-order valence-corrected chi connectivity index (χ0v) is 8.47. The molecule has 0 aromatic carbocycles. The quantitative estimate of drug-likeness (QED) is 0.627. The molecule has 0 radical (unpaired) electrons. The third-order valence-electron chi connectivity index (χ3n) is 0.992. The first-order chi connectivity index (χ1) is 5.18. The van der Waals surface area contributed by atoms with Crippen molar-refractivity contribution >= 4 is 28.6 Å². The Morgan fingerprint density at radius 1 is 1.64 bits per heavy atom. The van der Waals surface area contributed by atoms with Crippen LogP contribution in [0.4, 0.5) is 0 Å². The minimum absolute atomic E-state index is 0.122. The molecule has 2 nitrogen and oxygen atoms in total. The topological polar surface area (TPSA) is 22.1 Å². The number of nitrogens with zero attached hydrogens (tertiary/aromatic N) is 1. The molecular weight excluding hydrogens is 226 g/mol. The first-order valence-electron chi connectivity index (χ1n) is 3.15. The van der Waals surface area contributed by atoms with Crippen LogP contribution in [0.15, 0.2) is 22.8 Å². The number of rotatable bonds is 2. The van der Waals surface area contributed by atoms with E-state index in [0.29, 0.717) is 5.88 Å². The van der Waals surface area contributed by atoms with E-state index < -0.39 is 0 Å². The molecule has 1 heterocycles. The van der Waals surface area contributed by atoms with E-state index in [1.807, 2.05) is 13.0 Å². The summed E-state index contributed by atoms with van der Waals surface area (Å²) < 4.78 is 6.14. The number of hydrogen-bond donors (Lipinski definition) is 1. The Kier molecular flexibility index (Phi) is 3.20. The maximum absolute atomic E-state index is 5.20. The van der Waals surface area contributed by atoms with E-state index in [1.54, 1.807) is 12.3 Å². The van der Waals surface area contributed by atoms with Crippen LogP contribution in [0.3, 0.4) is 0 Å². The van der Waals surface area contributed by atoms with Gasteiger partial charge in [-0.2, -0.15) is 0 Å². The van der Waals surface area contributed by atoms with Crippen LogP contribution in [0.1, 0.15) is 6.92 Å². The van der Waals surface area contributed by atoms with E-state index in [4.69, 9.17) is 4.74 Å². The summed E-state index contributed by atoms with van der Waals surface area (Å²) in [5.41, 5.74) is -0.122. The summed E-state index contributed by atoms with van der Waals surface area (Å²) in [7, 11) is 0. The van der Waals surface area contributed by atoms with Crippen LogP contribution in [-0.2, 0) is 0 Å². The molecule has 0 aliphatic rings. The number of ether oxygens (including phenoxy) is 1. The second-order valence-electron chi connectivity index (χ2n) is 2.03. The third kappa shape index (κ3) is 3.12. The normalized spacial score (nSPS) is 12.6. The molecule has 0 amide bonds. The monoisotopic (exact) mass is 233 g/mol. The smallest absolute Gasteiger partial charge is 0.214 e. The van der Waals surface area contributed by atoms with Crippen LogP contribution >= 0.6 is 28.6 Å². The van der Waals surface area contributed by atoms with E-state index in [1.165, 1.54) is 0 Å². The summed E-state index contributed by atoms with van der Waals surface area (Å²) in [6.45, 7) is 1.84. The van der Waals surface area contributed by atoms with Crippen molar-refractivity contribution in [2.45, 2.75) is 12.4 Å². The van der Waals surface area contributed by atoms with Crippen molar-refractivity contribution in [1.29, 1.82) is 0 Å². The second-order valence-corrected chi connectivity index (χ2v) is 3.67. The van der Waals surface area contributed by atoms with E-state index >= 15 is 0 Å². The van der Waals surface area contributed by atoms with Crippen molar-refractivity contribution in [3.8, 4) is 5.88 Å². The van der Waals surface area contributed by atoms with Crippen LogP contribution in [0.25, 0.3) is 0 Å². The average Bonchev–Trinajstić information content (AvgIpc) is 1.93. The van der Waals surface area contributed by atoms with Crippen LogP contribution < -0.4 is 4.74 Å². The van der Waals surface area contributed by atoms with Crippen molar-refractivity contribution in [3.63, 3.8) is 0 Å².